The summed E-state index contributed by atoms with van der Waals surface area (Å²) in [6, 6.07) is -0.845. The SMILES string of the molecule is C=C(C)N1[C@H](C)OC2(CCN(C(=O)N(C)C(C(=O)O)C(C)C)CC2)[C@H]1C. The van der Waals surface area contributed by atoms with E-state index >= 15 is 0 Å². The summed E-state index contributed by atoms with van der Waals surface area (Å²) in [5, 5.41) is 9.43. The zero-order valence-corrected chi connectivity index (χ0v) is 16.9. The summed E-state index contributed by atoms with van der Waals surface area (Å²) in [6.45, 7) is 15.0. The second-order valence-corrected chi connectivity index (χ2v) is 8.01. The van der Waals surface area contributed by atoms with Gasteiger partial charge in [0.15, 0.2) is 0 Å². The number of amides is 2. The third-order valence-corrected chi connectivity index (χ3v) is 5.90. The van der Waals surface area contributed by atoms with Crippen LogP contribution in [0.3, 0.4) is 0 Å². The first-order chi connectivity index (χ1) is 12.0. The monoisotopic (exact) mass is 367 g/mol. The third kappa shape index (κ3) is 3.54. The van der Waals surface area contributed by atoms with Gasteiger partial charge in [0.2, 0.25) is 0 Å². The quantitative estimate of drug-likeness (QED) is 0.827. The van der Waals surface area contributed by atoms with E-state index in [9.17, 15) is 14.7 Å². The predicted octanol–water partition coefficient (Wildman–Crippen LogP) is 2.58. The van der Waals surface area contributed by atoms with E-state index in [1.54, 1.807) is 11.9 Å². The first-order valence-corrected chi connectivity index (χ1v) is 9.38. The van der Waals surface area contributed by atoms with E-state index in [2.05, 4.69) is 18.4 Å². The normalized spacial score (nSPS) is 26.3. The number of likely N-dealkylation sites (N-methyl/N-ethyl adjacent to an activating group) is 1. The Morgan fingerprint density at radius 3 is 2.19 bits per heavy atom. The van der Waals surface area contributed by atoms with Crippen molar-refractivity contribution < 1.29 is 19.4 Å². The fourth-order valence-electron chi connectivity index (χ4n) is 4.56. The molecule has 7 nitrogen and oxygen atoms in total. The Labute approximate surface area is 156 Å². The van der Waals surface area contributed by atoms with E-state index in [4.69, 9.17) is 4.74 Å². The Morgan fingerprint density at radius 2 is 1.81 bits per heavy atom. The molecule has 0 aliphatic carbocycles. The molecule has 2 amide bonds. The van der Waals surface area contributed by atoms with Crippen molar-refractivity contribution in [3.05, 3.63) is 12.3 Å². The van der Waals surface area contributed by atoms with Crippen molar-refractivity contribution in [2.24, 2.45) is 5.92 Å². The molecule has 0 radical (unpaired) electrons. The van der Waals surface area contributed by atoms with Crippen LogP contribution in [0.15, 0.2) is 12.3 Å². The molecule has 0 saturated carbocycles. The molecule has 2 heterocycles. The van der Waals surface area contributed by atoms with Gasteiger partial charge in [0.25, 0.3) is 0 Å². The van der Waals surface area contributed by atoms with E-state index in [-0.39, 0.29) is 29.8 Å². The highest BCUT2D eigenvalue weighted by atomic mass is 16.5. The number of carbonyl (C=O) groups is 2. The first-order valence-electron chi connectivity index (χ1n) is 9.38. The van der Waals surface area contributed by atoms with Gasteiger partial charge >= 0.3 is 12.0 Å². The number of allylic oxidation sites excluding steroid dienone is 1. The van der Waals surface area contributed by atoms with Gasteiger partial charge in [-0.3, -0.25) is 0 Å². The number of nitrogens with zero attached hydrogens (tertiary/aromatic N) is 3. The summed E-state index contributed by atoms with van der Waals surface area (Å²) in [7, 11) is 1.57. The second-order valence-electron chi connectivity index (χ2n) is 8.01. The first kappa shape index (κ1) is 20.6. The molecular weight excluding hydrogens is 334 g/mol. The Bertz CT molecular complexity index is 569. The lowest BCUT2D eigenvalue weighted by Crippen LogP contribution is -2.57. The summed E-state index contributed by atoms with van der Waals surface area (Å²) in [6.07, 6.45) is 1.45. The zero-order chi connectivity index (χ0) is 19.8. The van der Waals surface area contributed by atoms with E-state index in [1.807, 2.05) is 27.7 Å². The van der Waals surface area contributed by atoms with Crippen LogP contribution in [-0.4, -0.2) is 75.9 Å². The lowest BCUT2D eigenvalue weighted by Gasteiger charge is -2.43. The minimum Gasteiger partial charge on any atom is -0.480 e. The highest BCUT2D eigenvalue weighted by Crippen LogP contribution is 2.41. The topological polar surface area (TPSA) is 73.3 Å². The van der Waals surface area contributed by atoms with Gasteiger partial charge in [-0.1, -0.05) is 20.4 Å². The lowest BCUT2D eigenvalue weighted by atomic mass is 9.85. The number of carbonyl (C=O) groups excluding carboxylic acids is 1. The second kappa shape index (κ2) is 7.47. The molecule has 0 aromatic heterocycles. The Kier molecular flexibility index (Phi) is 5.90. The number of piperidine rings is 1. The van der Waals surface area contributed by atoms with Crippen molar-refractivity contribution in [1.29, 1.82) is 0 Å². The van der Waals surface area contributed by atoms with Gasteiger partial charge in [0.1, 0.15) is 12.3 Å². The Balaban J connectivity index is 2.05. The van der Waals surface area contributed by atoms with Crippen LogP contribution in [0.25, 0.3) is 0 Å². The number of urea groups is 1. The fourth-order valence-corrected chi connectivity index (χ4v) is 4.56. The van der Waals surface area contributed by atoms with Gasteiger partial charge in [0.05, 0.1) is 11.6 Å². The number of hydrogen-bond acceptors (Lipinski definition) is 4. The summed E-state index contributed by atoms with van der Waals surface area (Å²) in [5.41, 5.74) is 0.708. The van der Waals surface area contributed by atoms with Crippen molar-refractivity contribution in [2.75, 3.05) is 20.1 Å². The summed E-state index contributed by atoms with van der Waals surface area (Å²) < 4.78 is 6.31. The summed E-state index contributed by atoms with van der Waals surface area (Å²) >= 11 is 0. The molecule has 2 saturated heterocycles. The van der Waals surface area contributed by atoms with Crippen molar-refractivity contribution in [3.8, 4) is 0 Å². The summed E-state index contributed by atoms with van der Waals surface area (Å²) in [5.74, 6) is -1.12. The molecule has 3 atom stereocenters. The zero-order valence-electron chi connectivity index (χ0n) is 16.9. The van der Waals surface area contributed by atoms with Crippen LogP contribution in [0.1, 0.15) is 47.5 Å². The van der Waals surface area contributed by atoms with Crippen molar-refractivity contribution >= 4 is 12.0 Å². The largest absolute Gasteiger partial charge is 0.480 e. The van der Waals surface area contributed by atoms with Gasteiger partial charge in [0, 0.05) is 25.8 Å². The molecule has 2 rings (SSSR count). The third-order valence-electron chi connectivity index (χ3n) is 5.90. The highest BCUT2D eigenvalue weighted by Gasteiger charge is 2.51. The molecule has 1 N–H and O–H groups in total. The number of aliphatic carboxylic acids is 1. The number of carboxylic acids is 1. The van der Waals surface area contributed by atoms with Crippen LogP contribution < -0.4 is 0 Å². The molecule has 2 aliphatic heterocycles. The van der Waals surface area contributed by atoms with Crippen LogP contribution in [0.4, 0.5) is 4.79 Å². The average molecular weight is 367 g/mol. The molecule has 2 fully saturated rings. The summed E-state index contributed by atoms with van der Waals surface area (Å²) in [4.78, 5) is 29.6. The molecule has 26 heavy (non-hydrogen) atoms. The molecular formula is C19H33N3O4. The molecule has 7 heteroatoms. The smallest absolute Gasteiger partial charge is 0.326 e. The van der Waals surface area contributed by atoms with Crippen LogP contribution >= 0.6 is 0 Å². The lowest BCUT2D eigenvalue weighted by molar-refractivity contribution is -0.143. The van der Waals surface area contributed by atoms with Crippen LogP contribution in [0.2, 0.25) is 0 Å². The average Bonchev–Trinajstić information content (AvgIpc) is 2.77. The van der Waals surface area contributed by atoms with E-state index in [0.717, 1.165) is 18.5 Å². The minimum absolute atomic E-state index is 0.0234. The molecule has 0 aromatic carbocycles. The maximum atomic E-state index is 12.8. The number of likely N-dealkylation sites (tertiary alicyclic amines) is 1. The van der Waals surface area contributed by atoms with Gasteiger partial charge < -0.3 is 24.5 Å². The van der Waals surface area contributed by atoms with Gasteiger partial charge in [-0.2, -0.15) is 0 Å². The van der Waals surface area contributed by atoms with Crippen LogP contribution in [-0.2, 0) is 9.53 Å². The molecule has 1 unspecified atom stereocenters. The molecule has 1 spiro atoms. The Morgan fingerprint density at radius 1 is 1.27 bits per heavy atom. The van der Waals surface area contributed by atoms with Gasteiger partial charge in [-0.05, 0) is 39.5 Å². The van der Waals surface area contributed by atoms with Gasteiger partial charge in [-0.25, -0.2) is 9.59 Å². The molecule has 0 aromatic rings. The van der Waals surface area contributed by atoms with Crippen LogP contribution in [0, 0.1) is 5.92 Å². The van der Waals surface area contributed by atoms with E-state index in [0.29, 0.717) is 13.1 Å². The molecule has 148 valence electrons. The number of hydrogen-bond donors (Lipinski definition) is 1. The van der Waals surface area contributed by atoms with Gasteiger partial charge in [-0.15, -0.1) is 0 Å². The molecule has 2 aliphatic rings. The van der Waals surface area contributed by atoms with E-state index < -0.39 is 12.0 Å². The minimum atomic E-state index is -0.969. The standard InChI is InChI=1S/C19H33N3O4/c1-12(2)16(17(23)24)20(7)18(25)21-10-8-19(9-11-21)14(5)22(13(3)4)15(6)26-19/h12,14-16H,3,8-11H2,1-2,4-7H3,(H,23,24)/t14-,15+,16?/m1/s1. The fraction of sp³-hybridized carbons (Fsp3) is 0.789. The maximum Gasteiger partial charge on any atom is 0.326 e. The van der Waals surface area contributed by atoms with Crippen LogP contribution in [0.5, 0.6) is 0 Å². The van der Waals surface area contributed by atoms with E-state index in [1.165, 1.54) is 4.90 Å². The van der Waals surface area contributed by atoms with Crippen molar-refractivity contribution in [3.63, 3.8) is 0 Å². The van der Waals surface area contributed by atoms with Crippen molar-refractivity contribution in [1.82, 2.24) is 14.7 Å². The molecule has 0 bridgehead atoms. The Hall–Kier alpha value is -1.76. The highest BCUT2D eigenvalue weighted by molar-refractivity contribution is 5.82. The number of carboxylic acid groups (broad SMARTS) is 1. The predicted molar refractivity (Wildman–Crippen MR) is 99.6 cm³/mol. The van der Waals surface area contributed by atoms with Crippen molar-refractivity contribution in [2.45, 2.75) is 71.4 Å². The number of ether oxygens (including phenoxy) is 1. The maximum absolute atomic E-state index is 12.8. The number of rotatable bonds is 4.